The van der Waals surface area contributed by atoms with Crippen LogP contribution >= 0.6 is 15.9 Å². The quantitative estimate of drug-likeness (QED) is 0.865. The fraction of sp³-hybridized carbons (Fsp3) is 0.500. The van der Waals surface area contributed by atoms with E-state index in [1.807, 2.05) is 26.0 Å². The van der Waals surface area contributed by atoms with Gasteiger partial charge in [0.1, 0.15) is 0 Å². The molecule has 1 saturated carbocycles. The third-order valence-corrected chi connectivity index (χ3v) is 4.75. The number of nitrogens with one attached hydrogen (secondary N) is 1. The molecule has 0 saturated heterocycles. The average Bonchev–Trinajstić information content (AvgIpc) is 2.42. The maximum absolute atomic E-state index is 12.4. The molecular formula is C16H20BrNO3. The first-order valence-electron chi connectivity index (χ1n) is 7.19. The predicted octanol–water partition coefficient (Wildman–Crippen LogP) is 3.90. The second-order valence-electron chi connectivity index (χ2n) is 5.81. The van der Waals surface area contributed by atoms with Gasteiger partial charge in [-0.15, -0.1) is 0 Å². The Balaban J connectivity index is 2.01. The summed E-state index contributed by atoms with van der Waals surface area (Å²) in [5.74, 6) is -1.13. The van der Waals surface area contributed by atoms with Gasteiger partial charge in [0.25, 0.3) is 0 Å². The maximum Gasteiger partial charge on any atom is 0.306 e. The lowest BCUT2D eigenvalue weighted by Gasteiger charge is -2.25. The van der Waals surface area contributed by atoms with Crippen LogP contribution in [0.2, 0.25) is 0 Å². The van der Waals surface area contributed by atoms with E-state index in [1.54, 1.807) is 0 Å². The van der Waals surface area contributed by atoms with Gasteiger partial charge in [-0.25, -0.2) is 0 Å². The summed E-state index contributed by atoms with van der Waals surface area (Å²) in [6.45, 7) is 3.98. The number of carboxylic acids is 1. The molecule has 114 valence electrons. The van der Waals surface area contributed by atoms with Gasteiger partial charge in [-0.1, -0.05) is 6.07 Å². The van der Waals surface area contributed by atoms with Crippen molar-refractivity contribution in [2.45, 2.75) is 39.5 Å². The van der Waals surface area contributed by atoms with Gasteiger partial charge in [0, 0.05) is 10.4 Å². The standard InChI is InChI=1S/C16H20BrNO3/c1-9-7-10(2)14(13(17)8-9)18-15(19)11-3-5-12(6-4-11)16(20)21/h7-8,11-12H,3-6H2,1-2H3,(H,18,19)(H,20,21). The minimum atomic E-state index is -0.744. The number of carboxylic acid groups (broad SMARTS) is 1. The molecule has 1 fully saturated rings. The maximum atomic E-state index is 12.4. The van der Waals surface area contributed by atoms with E-state index in [0.29, 0.717) is 25.7 Å². The first kappa shape index (κ1) is 16.0. The van der Waals surface area contributed by atoms with Gasteiger partial charge in [-0.2, -0.15) is 0 Å². The normalized spacial score (nSPS) is 21.9. The molecule has 0 bridgehead atoms. The highest BCUT2D eigenvalue weighted by atomic mass is 79.9. The number of hydrogen-bond donors (Lipinski definition) is 2. The molecule has 1 aliphatic carbocycles. The Morgan fingerprint density at radius 1 is 1.14 bits per heavy atom. The third-order valence-electron chi connectivity index (χ3n) is 4.13. The second-order valence-corrected chi connectivity index (χ2v) is 6.67. The summed E-state index contributed by atoms with van der Waals surface area (Å²) >= 11 is 3.49. The predicted molar refractivity (Wildman–Crippen MR) is 85.3 cm³/mol. The van der Waals surface area contributed by atoms with E-state index in [4.69, 9.17) is 5.11 Å². The number of aliphatic carboxylic acids is 1. The SMILES string of the molecule is Cc1cc(C)c(NC(=O)C2CCC(C(=O)O)CC2)c(Br)c1. The van der Waals surface area contributed by atoms with Crippen molar-refractivity contribution in [3.8, 4) is 0 Å². The lowest BCUT2D eigenvalue weighted by molar-refractivity contribution is -0.143. The number of anilines is 1. The van der Waals surface area contributed by atoms with Crippen LogP contribution in [0.3, 0.4) is 0 Å². The van der Waals surface area contributed by atoms with Crippen molar-refractivity contribution in [1.29, 1.82) is 0 Å². The molecule has 0 radical (unpaired) electrons. The number of aryl methyl sites for hydroxylation is 2. The zero-order valence-electron chi connectivity index (χ0n) is 12.3. The Hall–Kier alpha value is -1.36. The summed E-state index contributed by atoms with van der Waals surface area (Å²) in [5.41, 5.74) is 2.97. The molecule has 2 rings (SSSR count). The molecule has 4 nitrogen and oxygen atoms in total. The molecule has 1 aromatic rings. The fourth-order valence-electron chi connectivity index (χ4n) is 2.90. The summed E-state index contributed by atoms with van der Waals surface area (Å²) in [4.78, 5) is 23.3. The summed E-state index contributed by atoms with van der Waals surface area (Å²) in [6.07, 6.45) is 2.46. The fourth-order valence-corrected chi connectivity index (χ4v) is 3.67. The van der Waals surface area contributed by atoms with Crippen LogP contribution in [0.15, 0.2) is 16.6 Å². The van der Waals surface area contributed by atoms with E-state index in [-0.39, 0.29) is 17.7 Å². The number of benzene rings is 1. The monoisotopic (exact) mass is 353 g/mol. The topological polar surface area (TPSA) is 66.4 Å². The van der Waals surface area contributed by atoms with Crippen molar-refractivity contribution in [3.63, 3.8) is 0 Å². The number of carbonyl (C=O) groups excluding carboxylic acids is 1. The molecule has 1 aromatic carbocycles. The van der Waals surface area contributed by atoms with Crippen molar-refractivity contribution in [3.05, 3.63) is 27.7 Å². The summed E-state index contributed by atoms with van der Waals surface area (Å²) in [5, 5.41) is 12.0. The zero-order valence-corrected chi connectivity index (χ0v) is 13.9. The van der Waals surface area contributed by atoms with Gasteiger partial charge in [0.05, 0.1) is 11.6 Å². The smallest absolute Gasteiger partial charge is 0.306 e. The van der Waals surface area contributed by atoms with Gasteiger partial charge < -0.3 is 10.4 Å². The lowest BCUT2D eigenvalue weighted by atomic mass is 9.81. The van der Waals surface area contributed by atoms with Crippen LogP contribution in [0.4, 0.5) is 5.69 Å². The molecule has 0 aromatic heterocycles. The van der Waals surface area contributed by atoms with Crippen LogP contribution in [0.1, 0.15) is 36.8 Å². The number of amides is 1. The largest absolute Gasteiger partial charge is 0.481 e. The number of carbonyl (C=O) groups is 2. The van der Waals surface area contributed by atoms with E-state index in [0.717, 1.165) is 21.3 Å². The average molecular weight is 354 g/mol. The highest BCUT2D eigenvalue weighted by molar-refractivity contribution is 9.10. The van der Waals surface area contributed by atoms with E-state index < -0.39 is 5.97 Å². The van der Waals surface area contributed by atoms with Gasteiger partial charge in [-0.3, -0.25) is 9.59 Å². The molecule has 0 aliphatic heterocycles. The highest BCUT2D eigenvalue weighted by Crippen LogP contribution is 2.32. The van der Waals surface area contributed by atoms with Gasteiger partial charge in [0.2, 0.25) is 5.91 Å². The molecule has 0 unspecified atom stereocenters. The van der Waals surface area contributed by atoms with E-state index in [2.05, 4.69) is 21.2 Å². The van der Waals surface area contributed by atoms with E-state index in [9.17, 15) is 9.59 Å². The lowest BCUT2D eigenvalue weighted by Crippen LogP contribution is -2.29. The Morgan fingerprint density at radius 3 is 2.24 bits per heavy atom. The van der Waals surface area contributed by atoms with Gasteiger partial charge in [0.15, 0.2) is 0 Å². The second kappa shape index (κ2) is 6.60. The van der Waals surface area contributed by atoms with Gasteiger partial charge in [-0.05, 0) is 72.7 Å². The minimum Gasteiger partial charge on any atom is -0.481 e. The van der Waals surface area contributed by atoms with Crippen molar-refractivity contribution in [2.75, 3.05) is 5.32 Å². The Bertz CT molecular complexity index is 540. The molecule has 0 heterocycles. The van der Waals surface area contributed by atoms with Crippen molar-refractivity contribution in [1.82, 2.24) is 0 Å². The van der Waals surface area contributed by atoms with Crippen LogP contribution in [0.25, 0.3) is 0 Å². The molecule has 0 atom stereocenters. The molecule has 5 heteroatoms. The molecule has 21 heavy (non-hydrogen) atoms. The minimum absolute atomic E-state index is 0.00788. The van der Waals surface area contributed by atoms with Crippen molar-refractivity contribution in [2.24, 2.45) is 11.8 Å². The Morgan fingerprint density at radius 2 is 1.71 bits per heavy atom. The Kier molecular flexibility index (Phi) is 5.04. The van der Waals surface area contributed by atoms with Crippen LogP contribution in [0.5, 0.6) is 0 Å². The van der Waals surface area contributed by atoms with Crippen molar-refractivity contribution >= 4 is 33.5 Å². The Labute approximate surface area is 133 Å². The van der Waals surface area contributed by atoms with Crippen molar-refractivity contribution < 1.29 is 14.7 Å². The summed E-state index contributed by atoms with van der Waals surface area (Å²) < 4.78 is 0.882. The number of rotatable bonds is 3. The molecule has 1 aliphatic rings. The van der Waals surface area contributed by atoms with Gasteiger partial charge >= 0.3 is 5.97 Å². The summed E-state index contributed by atoms with van der Waals surface area (Å²) in [6, 6.07) is 4.01. The zero-order chi connectivity index (χ0) is 15.6. The van der Waals surface area contributed by atoms with Crippen LogP contribution in [0, 0.1) is 25.7 Å². The number of hydrogen-bond acceptors (Lipinski definition) is 2. The molecule has 1 amide bonds. The van der Waals surface area contributed by atoms with E-state index >= 15 is 0 Å². The van der Waals surface area contributed by atoms with E-state index in [1.165, 1.54) is 0 Å². The highest BCUT2D eigenvalue weighted by Gasteiger charge is 2.30. The molecule has 0 spiro atoms. The van der Waals surface area contributed by atoms with Crippen LogP contribution in [-0.4, -0.2) is 17.0 Å². The first-order valence-corrected chi connectivity index (χ1v) is 7.98. The number of halogens is 1. The molecular weight excluding hydrogens is 334 g/mol. The molecule has 2 N–H and O–H groups in total. The first-order chi connectivity index (χ1) is 9.88. The third kappa shape index (κ3) is 3.84. The van der Waals surface area contributed by atoms with Crippen LogP contribution in [-0.2, 0) is 9.59 Å². The summed E-state index contributed by atoms with van der Waals surface area (Å²) in [7, 11) is 0. The van der Waals surface area contributed by atoms with Crippen LogP contribution < -0.4 is 5.32 Å².